The summed E-state index contributed by atoms with van der Waals surface area (Å²) in [6.07, 6.45) is 4.47. The summed E-state index contributed by atoms with van der Waals surface area (Å²) in [7, 11) is 0. The Hall–Kier alpha value is -0.320. The number of amides is 1. The van der Waals surface area contributed by atoms with Crippen LogP contribution < -0.4 is 10.6 Å². The molecule has 0 aliphatic carbocycles. The van der Waals surface area contributed by atoms with Crippen LogP contribution in [0.15, 0.2) is 0 Å². The molecule has 2 N–H and O–H groups in total. The molecule has 0 aromatic rings. The van der Waals surface area contributed by atoms with Gasteiger partial charge in [0.1, 0.15) is 0 Å². The molecular formula is C11H21ClN2O2. The van der Waals surface area contributed by atoms with Crippen molar-refractivity contribution in [3.8, 4) is 0 Å². The Labute approximate surface area is 103 Å². The van der Waals surface area contributed by atoms with E-state index < -0.39 is 0 Å². The van der Waals surface area contributed by atoms with E-state index in [2.05, 4.69) is 10.6 Å². The monoisotopic (exact) mass is 248 g/mol. The SMILES string of the molecule is CC(NC(=O)[C@@H]1CCCN1)C1CCCO1.Cl. The molecule has 3 atom stereocenters. The van der Waals surface area contributed by atoms with Gasteiger partial charge in [-0.3, -0.25) is 4.79 Å². The molecule has 2 aliphatic rings. The zero-order chi connectivity index (χ0) is 10.7. The topological polar surface area (TPSA) is 50.4 Å². The highest BCUT2D eigenvalue weighted by Crippen LogP contribution is 2.15. The number of nitrogens with one attached hydrogen (secondary N) is 2. The van der Waals surface area contributed by atoms with E-state index in [1.165, 1.54) is 0 Å². The lowest BCUT2D eigenvalue weighted by atomic mass is 10.1. The van der Waals surface area contributed by atoms with E-state index >= 15 is 0 Å². The maximum absolute atomic E-state index is 11.8. The minimum absolute atomic E-state index is 0. The Morgan fingerprint density at radius 1 is 1.44 bits per heavy atom. The average Bonchev–Trinajstić information content (AvgIpc) is 2.91. The van der Waals surface area contributed by atoms with Gasteiger partial charge in [-0.15, -0.1) is 12.4 Å². The molecule has 2 saturated heterocycles. The summed E-state index contributed by atoms with van der Waals surface area (Å²) in [6.45, 7) is 3.84. The van der Waals surface area contributed by atoms with Crippen LogP contribution in [-0.4, -0.2) is 37.2 Å². The molecule has 1 amide bonds. The molecular weight excluding hydrogens is 228 g/mol. The van der Waals surface area contributed by atoms with Crippen LogP contribution in [0.5, 0.6) is 0 Å². The van der Waals surface area contributed by atoms with E-state index in [4.69, 9.17) is 4.74 Å². The number of ether oxygens (including phenoxy) is 1. The van der Waals surface area contributed by atoms with Gasteiger partial charge in [0.05, 0.1) is 18.2 Å². The van der Waals surface area contributed by atoms with Gasteiger partial charge in [-0.25, -0.2) is 0 Å². The number of hydrogen-bond acceptors (Lipinski definition) is 3. The zero-order valence-corrected chi connectivity index (χ0v) is 10.5. The van der Waals surface area contributed by atoms with E-state index in [-0.39, 0.29) is 36.5 Å². The number of carbonyl (C=O) groups is 1. The van der Waals surface area contributed by atoms with Crippen molar-refractivity contribution in [2.75, 3.05) is 13.2 Å². The van der Waals surface area contributed by atoms with E-state index in [0.29, 0.717) is 0 Å². The molecule has 0 aromatic heterocycles. The highest BCUT2D eigenvalue weighted by Gasteiger charge is 2.27. The highest BCUT2D eigenvalue weighted by molar-refractivity contribution is 5.85. The molecule has 94 valence electrons. The van der Waals surface area contributed by atoms with Crippen LogP contribution in [0.4, 0.5) is 0 Å². The Balaban J connectivity index is 0.00000128. The normalized spacial score (nSPS) is 30.8. The Morgan fingerprint density at radius 2 is 2.25 bits per heavy atom. The summed E-state index contributed by atoms with van der Waals surface area (Å²) >= 11 is 0. The molecule has 0 saturated carbocycles. The van der Waals surface area contributed by atoms with Crippen LogP contribution in [0.2, 0.25) is 0 Å². The van der Waals surface area contributed by atoms with Gasteiger partial charge >= 0.3 is 0 Å². The molecule has 0 bridgehead atoms. The van der Waals surface area contributed by atoms with E-state index in [0.717, 1.165) is 38.8 Å². The Kier molecular flexibility index (Phi) is 5.52. The molecule has 2 fully saturated rings. The van der Waals surface area contributed by atoms with Crippen LogP contribution in [0.3, 0.4) is 0 Å². The smallest absolute Gasteiger partial charge is 0.237 e. The van der Waals surface area contributed by atoms with E-state index in [1.54, 1.807) is 0 Å². The van der Waals surface area contributed by atoms with Gasteiger partial charge in [0.25, 0.3) is 0 Å². The maximum atomic E-state index is 11.8. The number of carbonyl (C=O) groups excluding carboxylic acids is 1. The summed E-state index contributed by atoms with van der Waals surface area (Å²) in [4.78, 5) is 11.8. The zero-order valence-electron chi connectivity index (χ0n) is 9.70. The summed E-state index contributed by atoms with van der Waals surface area (Å²) < 4.78 is 5.54. The van der Waals surface area contributed by atoms with Crippen molar-refractivity contribution >= 4 is 18.3 Å². The lowest BCUT2D eigenvalue weighted by molar-refractivity contribution is -0.124. The first-order valence-corrected chi connectivity index (χ1v) is 5.93. The van der Waals surface area contributed by atoms with Gasteiger partial charge in [-0.05, 0) is 39.2 Å². The molecule has 16 heavy (non-hydrogen) atoms. The molecule has 2 rings (SSSR count). The predicted octanol–water partition coefficient (Wildman–Crippen LogP) is 0.844. The van der Waals surface area contributed by atoms with Crippen molar-refractivity contribution in [2.45, 2.75) is 50.8 Å². The molecule has 5 heteroatoms. The molecule has 2 heterocycles. The summed E-state index contributed by atoms with van der Waals surface area (Å²) in [5, 5.41) is 6.24. The second kappa shape index (κ2) is 6.42. The lowest BCUT2D eigenvalue weighted by Crippen LogP contribution is -2.48. The second-order valence-corrected chi connectivity index (χ2v) is 4.50. The molecule has 2 aliphatic heterocycles. The van der Waals surface area contributed by atoms with Gasteiger partial charge in [-0.2, -0.15) is 0 Å². The maximum Gasteiger partial charge on any atom is 0.237 e. The first-order valence-electron chi connectivity index (χ1n) is 5.93. The fraction of sp³-hybridized carbons (Fsp3) is 0.909. The van der Waals surface area contributed by atoms with Crippen molar-refractivity contribution in [1.29, 1.82) is 0 Å². The second-order valence-electron chi connectivity index (χ2n) is 4.50. The molecule has 0 radical (unpaired) electrons. The van der Waals surface area contributed by atoms with Crippen LogP contribution >= 0.6 is 12.4 Å². The van der Waals surface area contributed by atoms with Gasteiger partial charge in [0.2, 0.25) is 5.91 Å². The highest BCUT2D eigenvalue weighted by atomic mass is 35.5. The van der Waals surface area contributed by atoms with Crippen molar-refractivity contribution in [2.24, 2.45) is 0 Å². The quantitative estimate of drug-likeness (QED) is 0.779. The van der Waals surface area contributed by atoms with Crippen LogP contribution in [-0.2, 0) is 9.53 Å². The summed E-state index contributed by atoms with van der Waals surface area (Å²) in [5.41, 5.74) is 0. The molecule has 0 aromatic carbocycles. The number of hydrogen-bond donors (Lipinski definition) is 2. The summed E-state index contributed by atoms with van der Waals surface area (Å²) in [6, 6.07) is 0.163. The molecule has 2 unspecified atom stereocenters. The Morgan fingerprint density at radius 3 is 2.81 bits per heavy atom. The first-order chi connectivity index (χ1) is 7.27. The largest absolute Gasteiger partial charge is 0.376 e. The fourth-order valence-electron chi connectivity index (χ4n) is 2.32. The molecule has 0 spiro atoms. The Bertz CT molecular complexity index is 226. The molecule has 4 nitrogen and oxygen atoms in total. The van der Waals surface area contributed by atoms with E-state index in [1.807, 2.05) is 6.92 Å². The third-order valence-electron chi connectivity index (χ3n) is 3.27. The fourth-order valence-corrected chi connectivity index (χ4v) is 2.32. The number of halogens is 1. The third kappa shape index (κ3) is 3.34. The van der Waals surface area contributed by atoms with Crippen molar-refractivity contribution in [3.05, 3.63) is 0 Å². The van der Waals surface area contributed by atoms with Crippen molar-refractivity contribution < 1.29 is 9.53 Å². The van der Waals surface area contributed by atoms with Gasteiger partial charge in [0, 0.05) is 6.61 Å². The lowest BCUT2D eigenvalue weighted by Gasteiger charge is -2.21. The minimum atomic E-state index is 0. The number of rotatable bonds is 3. The van der Waals surface area contributed by atoms with Crippen molar-refractivity contribution in [3.63, 3.8) is 0 Å². The van der Waals surface area contributed by atoms with E-state index in [9.17, 15) is 4.79 Å². The first kappa shape index (κ1) is 13.7. The van der Waals surface area contributed by atoms with Gasteiger partial charge < -0.3 is 15.4 Å². The standard InChI is InChI=1S/C11H20N2O2.ClH/c1-8(10-5-3-7-15-10)13-11(14)9-4-2-6-12-9;/h8-10,12H,2-7H2,1H3,(H,13,14);1H/t8?,9-,10?;/m0./s1. The van der Waals surface area contributed by atoms with Gasteiger partial charge in [-0.1, -0.05) is 0 Å². The van der Waals surface area contributed by atoms with Crippen molar-refractivity contribution in [1.82, 2.24) is 10.6 Å². The summed E-state index contributed by atoms with van der Waals surface area (Å²) in [5.74, 6) is 0.135. The minimum Gasteiger partial charge on any atom is -0.376 e. The van der Waals surface area contributed by atoms with Gasteiger partial charge in [0.15, 0.2) is 0 Å². The third-order valence-corrected chi connectivity index (χ3v) is 3.27. The van der Waals surface area contributed by atoms with Crippen LogP contribution in [0, 0.1) is 0 Å². The van der Waals surface area contributed by atoms with Crippen LogP contribution in [0.25, 0.3) is 0 Å². The van der Waals surface area contributed by atoms with Crippen LogP contribution in [0.1, 0.15) is 32.6 Å². The predicted molar refractivity (Wildman–Crippen MR) is 64.9 cm³/mol. The average molecular weight is 249 g/mol.